The summed E-state index contributed by atoms with van der Waals surface area (Å²) in [6, 6.07) is 5.18. The van der Waals surface area contributed by atoms with Gasteiger partial charge in [-0.15, -0.1) is 12.3 Å². The molecule has 0 bridgehead atoms. The van der Waals surface area contributed by atoms with Gasteiger partial charge in [-0.25, -0.2) is 4.79 Å². The zero-order chi connectivity index (χ0) is 12.1. The van der Waals surface area contributed by atoms with Gasteiger partial charge in [0.25, 0.3) is 0 Å². The fourth-order valence-corrected chi connectivity index (χ4v) is 1.45. The Balaban J connectivity index is 2.84. The molecule has 84 valence electrons. The number of carboxylic acids is 1. The first kappa shape index (κ1) is 12.1. The van der Waals surface area contributed by atoms with E-state index >= 15 is 0 Å². The normalized spacial score (nSPS) is 11.6. The van der Waals surface area contributed by atoms with Crippen LogP contribution in [0.15, 0.2) is 18.2 Å². The molecular formula is C13H15NO2. The second kappa shape index (κ2) is 5.22. The molecule has 1 rings (SSSR count). The van der Waals surface area contributed by atoms with Gasteiger partial charge in [0, 0.05) is 18.2 Å². The Hall–Kier alpha value is -1.95. The molecule has 1 atom stereocenters. The van der Waals surface area contributed by atoms with Crippen molar-refractivity contribution in [1.29, 1.82) is 0 Å². The minimum Gasteiger partial charge on any atom is -0.478 e. The first-order valence-electron chi connectivity index (χ1n) is 5.08. The van der Waals surface area contributed by atoms with Crippen molar-refractivity contribution in [3.05, 3.63) is 29.3 Å². The minimum atomic E-state index is -0.911. The smallest absolute Gasteiger partial charge is 0.335 e. The molecule has 1 aromatic rings. The van der Waals surface area contributed by atoms with E-state index in [0.717, 1.165) is 11.3 Å². The average Bonchev–Trinajstić information content (AvgIpc) is 2.21. The molecule has 0 spiro atoms. The number of carbonyl (C=O) groups is 1. The molecule has 0 radical (unpaired) electrons. The van der Waals surface area contributed by atoms with Crippen molar-refractivity contribution in [2.45, 2.75) is 26.3 Å². The van der Waals surface area contributed by atoms with Gasteiger partial charge in [-0.05, 0) is 37.6 Å². The SMILES string of the molecule is C#CCC(C)Nc1ccc(C(=O)O)cc1C. The Bertz CT molecular complexity index is 432. The van der Waals surface area contributed by atoms with Crippen molar-refractivity contribution in [3.63, 3.8) is 0 Å². The van der Waals surface area contributed by atoms with Gasteiger partial charge in [0.15, 0.2) is 0 Å². The molecule has 3 nitrogen and oxygen atoms in total. The fraction of sp³-hybridized carbons (Fsp3) is 0.308. The van der Waals surface area contributed by atoms with Crippen LogP contribution in [0.25, 0.3) is 0 Å². The van der Waals surface area contributed by atoms with Gasteiger partial charge in [0.2, 0.25) is 0 Å². The van der Waals surface area contributed by atoms with Crippen LogP contribution in [0.2, 0.25) is 0 Å². The second-order valence-corrected chi connectivity index (χ2v) is 3.79. The van der Waals surface area contributed by atoms with E-state index in [1.807, 2.05) is 13.8 Å². The highest BCUT2D eigenvalue weighted by molar-refractivity contribution is 5.88. The molecule has 0 fully saturated rings. The molecule has 0 heterocycles. The zero-order valence-corrected chi connectivity index (χ0v) is 9.45. The Labute approximate surface area is 95.5 Å². The van der Waals surface area contributed by atoms with Crippen LogP contribution >= 0.6 is 0 Å². The van der Waals surface area contributed by atoms with E-state index in [1.54, 1.807) is 18.2 Å². The highest BCUT2D eigenvalue weighted by Gasteiger charge is 2.07. The highest BCUT2D eigenvalue weighted by atomic mass is 16.4. The number of rotatable bonds is 4. The summed E-state index contributed by atoms with van der Waals surface area (Å²) in [5.41, 5.74) is 2.13. The predicted octanol–water partition coefficient (Wildman–Crippen LogP) is 2.52. The molecule has 2 N–H and O–H groups in total. The lowest BCUT2D eigenvalue weighted by Crippen LogP contribution is -2.15. The van der Waals surface area contributed by atoms with Gasteiger partial charge in [-0.2, -0.15) is 0 Å². The Morgan fingerprint density at radius 3 is 2.81 bits per heavy atom. The van der Waals surface area contributed by atoms with Crippen molar-refractivity contribution in [1.82, 2.24) is 0 Å². The van der Waals surface area contributed by atoms with Crippen LogP contribution in [0.1, 0.15) is 29.3 Å². The summed E-state index contributed by atoms with van der Waals surface area (Å²) in [4.78, 5) is 10.7. The number of nitrogens with one attached hydrogen (secondary N) is 1. The van der Waals surface area contributed by atoms with Crippen LogP contribution < -0.4 is 5.32 Å². The van der Waals surface area contributed by atoms with E-state index in [0.29, 0.717) is 12.0 Å². The maximum absolute atomic E-state index is 10.7. The van der Waals surface area contributed by atoms with Crippen molar-refractivity contribution in [3.8, 4) is 12.3 Å². The number of carboxylic acid groups (broad SMARTS) is 1. The number of hydrogen-bond donors (Lipinski definition) is 2. The van der Waals surface area contributed by atoms with E-state index in [1.165, 1.54) is 0 Å². The molecule has 0 aromatic heterocycles. The van der Waals surface area contributed by atoms with Gasteiger partial charge in [0.05, 0.1) is 5.56 Å². The maximum Gasteiger partial charge on any atom is 0.335 e. The predicted molar refractivity (Wildman–Crippen MR) is 64.7 cm³/mol. The molecular weight excluding hydrogens is 202 g/mol. The lowest BCUT2D eigenvalue weighted by Gasteiger charge is -2.15. The summed E-state index contributed by atoms with van der Waals surface area (Å²) in [5.74, 6) is 1.67. The van der Waals surface area contributed by atoms with Crippen molar-refractivity contribution in [2.24, 2.45) is 0 Å². The Morgan fingerprint density at radius 1 is 1.62 bits per heavy atom. The van der Waals surface area contributed by atoms with E-state index in [4.69, 9.17) is 11.5 Å². The molecule has 1 unspecified atom stereocenters. The fourth-order valence-electron chi connectivity index (χ4n) is 1.45. The lowest BCUT2D eigenvalue weighted by molar-refractivity contribution is 0.0697. The monoisotopic (exact) mass is 217 g/mol. The van der Waals surface area contributed by atoms with Gasteiger partial charge >= 0.3 is 5.97 Å². The molecule has 3 heteroatoms. The van der Waals surface area contributed by atoms with E-state index < -0.39 is 5.97 Å². The molecule has 1 aromatic carbocycles. The summed E-state index contributed by atoms with van der Waals surface area (Å²) in [6.07, 6.45) is 5.86. The van der Waals surface area contributed by atoms with E-state index in [9.17, 15) is 4.79 Å². The molecule has 0 aliphatic rings. The van der Waals surface area contributed by atoms with Gasteiger partial charge in [-0.1, -0.05) is 0 Å². The highest BCUT2D eigenvalue weighted by Crippen LogP contribution is 2.18. The molecule has 0 aliphatic carbocycles. The van der Waals surface area contributed by atoms with Crippen LogP contribution in [0.5, 0.6) is 0 Å². The Morgan fingerprint density at radius 2 is 2.31 bits per heavy atom. The first-order valence-corrected chi connectivity index (χ1v) is 5.08. The van der Waals surface area contributed by atoms with E-state index in [-0.39, 0.29) is 6.04 Å². The van der Waals surface area contributed by atoms with Crippen molar-refractivity contribution >= 4 is 11.7 Å². The van der Waals surface area contributed by atoms with Gasteiger partial charge in [0.1, 0.15) is 0 Å². The first-order chi connectivity index (χ1) is 7.54. The van der Waals surface area contributed by atoms with Crippen LogP contribution in [0.4, 0.5) is 5.69 Å². The molecule has 0 saturated heterocycles. The zero-order valence-electron chi connectivity index (χ0n) is 9.45. The number of benzene rings is 1. The van der Waals surface area contributed by atoms with Gasteiger partial charge in [-0.3, -0.25) is 0 Å². The van der Waals surface area contributed by atoms with Crippen molar-refractivity contribution in [2.75, 3.05) is 5.32 Å². The second-order valence-electron chi connectivity index (χ2n) is 3.79. The largest absolute Gasteiger partial charge is 0.478 e. The summed E-state index contributed by atoms with van der Waals surface area (Å²) in [5, 5.41) is 12.1. The Kier molecular flexibility index (Phi) is 3.96. The van der Waals surface area contributed by atoms with Crippen molar-refractivity contribution < 1.29 is 9.90 Å². The maximum atomic E-state index is 10.7. The summed E-state index contributed by atoms with van der Waals surface area (Å²) < 4.78 is 0. The van der Waals surface area contributed by atoms with Crippen LogP contribution in [0.3, 0.4) is 0 Å². The molecule has 0 amide bonds. The third-order valence-electron chi connectivity index (χ3n) is 2.30. The minimum absolute atomic E-state index is 0.180. The summed E-state index contributed by atoms with van der Waals surface area (Å²) in [6.45, 7) is 3.86. The lowest BCUT2D eigenvalue weighted by atomic mass is 10.1. The van der Waals surface area contributed by atoms with Crippen LogP contribution in [-0.2, 0) is 0 Å². The summed E-state index contributed by atoms with van der Waals surface area (Å²) in [7, 11) is 0. The third kappa shape index (κ3) is 3.03. The van der Waals surface area contributed by atoms with Crippen LogP contribution in [0, 0.1) is 19.3 Å². The number of hydrogen-bond acceptors (Lipinski definition) is 2. The quantitative estimate of drug-likeness (QED) is 0.762. The number of terminal acetylenes is 1. The number of aryl methyl sites for hydroxylation is 1. The standard InChI is InChI=1S/C13H15NO2/c1-4-5-10(3)14-12-7-6-11(13(15)16)8-9(12)2/h1,6-8,10,14H,5H2,2-3H3,(H,15,16). The molecule has 0 aliphatic heterocycles. The topological polar surface area (TPSA) is 49.3 Å². The number of anilines is 1. The molecule has 0 saturated carbocycles. The van der Waals surface area contributed by atoms with Crippen LogP contribution in [-0.4, -0.2) is 17.1 Å². The average molecular weight is 217 g/mol. The number of aromatic carboxylic acids is 1. The van der Waals surface area contributed by atoms with E-state index in [2.05, 4.69) is 11.2 Å². The third-order valence-corrected chi connectivity index (χ3v) is 2.30. The van der Waals surface area contributed by atoms with Gasteiger partial charge < -0.3 is 10.4 Å². The molecule has 16 heavy (non-hydrogen) atoms. The summed E-state index contributed by atoms with van der Waals surface area (Å²) >= 11 is 0.